The van der Waals surface area contributed by atoms with Gasteiger partial charge in [0, 0.05) is 30.8 Å². The van der Waals surface area contributed by atoms with Crippen LogP contribution in [0.15, 0.2) is 24.3 Å². The fourth-order valence-corrected chi connectivity index (χ4v) is 3.08. The summed E-state index contributed by atoms with van der Waals surface area (Å²) in [6, 6.07) is 8.22. The van der Waals surface area contributed by atoms with E-state index in [1.807, 2.05) is 12.1 Å². The first-order chi connectivity index (χ1) is 8.26. The molecule has 1 spiro atoms. The minimum absolute atomic E-state index is 0.459. The maximum Gasteiger partial charge on any atom is 0.0536 e. The standard InChI is InChI=1S/C14H20N2O/c15-13-3-1-2-12(8-13)9-16-6-4-14(10-16)5-7-17-11-14/h1-3,8H,4-7,9-11,15H2. The van der Waals surface area contributed by atoms with Crippen LogP contribution in [-0.2, 0) is 11.3 Å². The zero-order valence-electron chi connectivity index (χ0n) is 10.2. The first kappa shape index (κ1) is 11.1. The van der Waals surface area contributed by atoms with E-state index in [9.17, 15) is 0 Å². The Hall–Kier alpha value is -1.06. The summed E-state index contributed by atoms with van der Waals surface area (Å²) in [7, 11) is 0. The minimum atomic E-state index is 0.459. The fourth-order valence-electron chi connectivity index (χ4n) is 3.08. The predicted molar refractivity (Wildman–Crippen MR) is 68.6 cm³/mol. The van der Waals surface area contributed by atoms with E-state index >= 15 is 0 Å². The van der Waals surface area contributed by atoms with Crippen LogP contribution >= 0.6 is 0 Å². The molecule has 2 aliphatic heterocycles. The zero-order valence-corrected chi connectivity index (χ0v) is 10.2. The highest BCUT2D eigenvalue weighted by molar-refractivity contribution is 5.40. The minimum Gasteiger partial charge on any atom is -0.399 e. The lowest BCUT2D eigenvalue weighted by Gasteiger charge is -2.22. The van der Waals surface area contributed by atoms with Crippen molar-refractivity contribution < 1.29 is 4.74 Å². The van der Waals surface area contributed by atoms with Crippen molar-refractivity contribution in [1.82, 2.24) is 4.90 Å². The van der Waals surface area contributed by atoms with Crippen LogP contribution in [-0.4, -0.2) is 31.2 Å². The Balaban J connectivity index is 1.64. The van der Waals surface area contributed by atoms with Gasteiger partial charge >= 0.3 is 0 Å². The van der Waals surface area contributed by atoms with Crippen LogP contribution in [0.5, 0.6) is 0 Å². The number of nitrogen functional groups attached to an aromatic ring is 1. The molecule has 2 N–H and O–H groups in total. The SMILES string of the molecule is Nc1cccc(CN2CCC3(CCOC3)C2)c1. The Bertz CT molecular complexity index is 399. The van der Waals surface area contributed by atoms with Crippen LogP contribution in [0.1, 0.15) is 18.4 Å². The molecule has 2 fully saturated rings. The maximum absolute atomic E-state index is 5.81. The second kappa shape index (κ2) is 4.31. The number of rotatable bonds is 2. The molecule has 0 radical (unpaired) electrons. The molecule has 17 heavy (non-hydrogen) atoms. The molecule has 3 rings (SSSR count). The van der Waals surface area contributed by atoms with E-state index < -0.39 is 0 Å². The lowest BCUT2D eigenvalue weighted by Crippen LogP contribution is -2.27. The first-order valence-electron chi connectivity index (χ1n) is 6.40. The number of nitrogens with zero attached hydrogens (tertiary/aromatic N) is 1. The summed E-state index contributed by atoms with van der Waals surface area (Å²) >= 11 is 0. The molecule has 2 aliphatic rings. The lowest BCUT2D eigenvalue weighted by atomic mass is 9.87. The van der Waals surface area contributed by atoms with E-state index in [-0.39, 0.29) is 0 Å². The molecule has 0 saturated carbocycles. The first-order valence-corrected chi connectivity index (χ1v) is 6.40. The molecular weight excluding hydrogens is 212 g/mol. The van der Waals surface area contributed by atoms with Crippen LogP contribution < -0.4 is 5.73 Å². The molecule has 1 aromatic rings. The van der Waals surface area contributed by atoms with Crippen LogP contribution in [0.3, 0.4) is 0 Å². The topological polar surface area (TPSA) is 38.5 Å². The lowest BCUT2D eigenvalue weighted by molar-refractivity contribution is 0.151. The van der Waals surface area contributed by atoms with Crippen LogP contribution in [0.25, 0.3) is 0 Å². The third-order valence-corrected chi connectivity index (χ3v) is 4.06. The second-order valence-electron chi connectivity index (χ2n) is 5.51. The van der Waals surface area contributed by atoms with E-state index in [0.29, 0.717) is 5.41 Å². The summed E-state index contributed by atoms with van der Waals surface area (Å²) in [5.41, 5.74) is 8.45. The maximum atomic E-state index is 5.81. The summed E-state index contributed by atoms with van der Waals surface area (Å²) < 4.78 is 5.55. The monoisotopic (exact) mass is 232 g/mol. The number of nitrogens with two attached hydrogens (primary N) is 1. The highest BCUT2D eigenvalue weighted by Gasteiger charge is 2.40. The van der Waals surface area contributed by atoms with E-state index in [4.69, 9.17) is 10.5 Å². The number of hydrogen-bond donors (Lipinski definition) is 1. The van der Waals surface area contributed by atoms with Gasteiger partial charge in [-0.1, -0.05) is 12.1 Å². The van der Waals surface area contributed by atoms with E-state index in [1.165, 1.54) is 31.5 Å². The summed E-state index contributed by atoms with van der Waals surface area (Å²) in [5, 5.41) is 0. The predicted octanol–water partition coefficient (Wildman–Crippen LogP) is 1.88. The van der Waals surface area contributed by atoms with Gasteiger partial charge in [0.2, 0.25) is 0 Å². The van der Waals surface area contributed by atoms with Crippen molar-refractivity contribution in [2.24, 2.45) is 5.41 Å². The van der Waals surface area contributed by atoms with Crippen molar-refractivity contribution in [2.45, 2.75) is 19.4 Å². The van der Waals surface area contributed by atoms with Gasteiger partial charge in [-0.25, -0.2) is 0 Å². The number of anilines is 1. The van der Waals surface area contributed by atoms with Gasteiger partial charge in [0.25, 0.3) is 0 Å². The molecule has 2 heterocycles. The van der Waals surface area contributed by atoms with E-state index in [1.54, 1.807) is 0 Å². The quantitative estimate of drug-likeness (QED) is 0.791. The van der Waals surface area contributed by atoms with Gasteiger partial charge in [-0.2, -0.15) is 0 Å². The van der Waals surface area contributed by atoms with Gasteiger partial charge in [-0.3, -0.25) is 4.90 Å². The van der Waals surface area contributed by atoms with Crippen LogP contribution in [0.2, 0.25) is 0 Å². The Morgan fingerprint density at radius 2 is 2.29 bits per heavy atom. The van der Waals surface area contributed by atoms with Crippen LogP contribution in [0, 0.1) is 5.41 Å². The third kappa shape index (κ3) is 2.31. The summed E-state index contributed by atoms with van der Waals surface area (Å²) in [6.07, 6.45) is 2.52. The van der Waals surface area contributed by atoms with Gasteiger partial charge in [-0.05, 0) is 37.1 Å². The van der Waals surface area contributed by atoms with Crippen molar-refractivity contribution in [3.05, 3.63) is 29.8 Å². The molecular formula is C14H20N2O. The zero-order chi connectivity index (χ0) is 11.7. The molecule has 1 unspecified atom stereocenters. The molecule has 0 aliphatic carbocycles. The molecule has 2 saturated heterocycles. The highest BCUT2D eigenvalue weighted by Crippen LogP contribution is 2.38. The average Bonchev–Trinajstić information content (AvgIpc) is 2.90. The average molecular weight is 232 g/mol. The van der Waals surface area contributed by atoms with Crippen molar-refractivity contribution in [3.63, 3.8) is 0 Å². The normalized spacial score (nSPS) is 29.2. The number of hydrogen-bond acceptors (Lipinski definition) is 3. The number of likely N-dealkylation sites (tertiary alicyclic amines) is 1. The van der Waals surface area contributed by atoms with Gasteiger partial charge in [0.15, 0.2) is 0 Å². The molecule has 0 aromatic heterocycles. The van der Waals surface area contributed by atoms with Crippen molar-refractivity contribution in [2.75, 3.05) is 32.0 Å². The number of ether oxygens (including phenoxy) is 1. The Kier molecular flexibility index (Phi) is 2.81. The third-order valence-electron chi connectivity index (χ3n) is 4.06. The summed E-state index contributed by atoms with van der Waals surface area (Å²) in [5.74, 6) is 0. The van der Waals surface area contributed by atoms with Crippen molar-refractivity contribution >= 4 is 5.69 Å². The van der Waals surface area contributed by atoms with E-state index in [2.05, 4.69) is 17.0 Å². The fraction of sp³-hybridized carbons (Fsp3) is 0.571. The Morgan fingerprint density at radius 3 is 3.06 bits per heavy atom. The molecule has 0 bridgehead atoms. The molecule has 3 nitrogen and oxygen atoms in total. The largest absolute Gasteiger partial charge is 0.399 e. The Morgan fingerprint density at radius 1 is 1.35 bits per heavy atom. The van der Waals surface area contributed by atoms with Gasteiger partial charge in [-0.15, -0.1) is 0 Å². The molecule has 0 amide bonds. The summed E-state index contributed by atoms with van der Waals surface area (Å²) in [4.78, 5) is 2.53. The molecule has 1 aromatic carbocycles. The van der Waals surface area contributed by atoms with Gasteiger partial charge in [0.1, 0.15) is 0 Å². The highest BCUT2D eigenvalue weighted by atomic mass is 16.5. The van der Waals surface area contributed by atoms with Gasteiger partial charge in [0.05, 0.1) is 6.61 Å². The molecule has 3 heteroatoms. The van der Waals surface area contributed by atoms with E-state index in [0.717, 1.165) is 25.4 Å². The summed E-state index contributed by atoms with van der Waals surface area (Å²) in [6.45, 7) is 5.30. The molecule has 1 atom stereocenters. The van der Waals surface area contributed by atoms with Crippen molar-refractivity contribution in [3.8, 4) is 0 Å². The van der Waals surface area contributed by atoms with Crippen molar-refractivity contribution in [1.29, 1.82) is 0 Å². The number of benzene rings is 1. The Labute approximate surface area is 103 Å². The second-order valence-corrected chi connectivity index (χ2v) is 5.51. The smallest absolute Gasteiger partial charge is 0.0536 e. The van der Waals surface area contributed by atoms with Gasteiger partial charge < -0.3 is 10.5 Å². The molecule has 92 valence electrons. The van der Waals surface area contributed by atoms with Crippen LogP contribution in [0.4, 0.5) is 5.69 Å².